The fourth-order valence-electron chi connectivity index (χ4n) is 1.14. The van der Waals surface area contributed by atoms with Crippen molar-refractivity contribution in [2.45, 2.75) is 13.8 Å². The van der Waals surface area contributed by atoms with Crippen LogP contribution in [0.5, 0.6) is 0 Å². The molecule has 1 atom stereocenters. The fourth-order valence-corrected chi connectivity index (χ4v) is 2.74. The second-order valence-electron chi connectivity index (χ2n) is 3.29. The van der Waals surface area contributed by atoms with Crippen molar-refractivity contribution < 1.29 is 14.3 Å². The van der Waals surface area contributed by atoms with Crippen molar-refractivity contribution in [3.63, 3.8) is 0 Å². The quantitative estimate of drug-likeness (QED) is 0.391. The first-order valence-corrected chi connectivity index (χ1v) is 8.18. The van der Waals surface area contributed by atoms with E-state index in [1.165, 1.54) is 0 Å². The van der Waals surface area contributed by atoms with Crippen LogP contribution in [0.2, 0.25) is 0 Å². The fraction of sp³-hybridized carbons (Fsp3) is 0.250. The van der Waals surface area contributed by atoms with Crippen molar-refractivity contribution in [2.24, 2.45) is 5.16 Å². The largest absolute Gasteiger partial charge is 0.419 e. The molecule has 0 amide bonds. The Bertz CT molecular complexity index is 473. The van der Waals surface area contributed by atoms with Crippen LogP contribution in [-0.4, -0.2) is 17.4 Å². The first-order chi connectivity index (χ1) is 8.60. The van der Waals surface area contributed by atoms with Gasteiger partial charge in [-0.1, -0.05) is 24.3 Å². The molecule has 0 bridgehead atoms. The molecule has 0 saturated carbocycles. The van der Waals surface area contributed by atoms with Crippen LogP contribution in [0.4, 0.5) is 0 Å². The van der Waals surface area contributed by atoms with Crippen LogP contribution < -0.4 is 5.30 Å². The molecule has 0 aliphatic carbocycles. The van der Waals surface area contributed by atoms with Crippen LogP contribution in [0, 0.1) is 0 Å². The average molecular weight is 285 g/mol. The van der Waals surface area contributed by atoms with Gasteiger partial charge in [0.25, 0.3) is 12.4 Å². The summed E-state index contributed by atoms with van der Waals surface area (Å²) in [7, 11) is 0. The van der Waals surface area contributed by atoms with E-state index in [1.54, 1.807) is 36.4 Å². The lowest BCUT2D eigenvalue weighted by Gasteiger charge is -2.16. The van der Waals surface area contributed by atoms with Gasteiger partial charge in [-0.25, -0.2) is 0 Å². The third-order valence-corrected chi connectivity index (χ3v) is 4.13. The van der Waals surface area contributed by atoms with Crippen LogP contribution in [0.25, 0.3) is 0 Å². The van der Waals surface area contributed by atoms with E-state index in [0.29, 0.717) is 11.9 Å². The van der Waals surface area contributed by atoms with Crippen LogP contribution in [0.3, 0.4) is 0 Å². The molecular formula is C12H16NO3PS. The Hall–Kier alpha value is -1.16. The first-order valence-electron chi connectivity index (χ1n) is 5.50. The van der Waals surface area contributed by atoms with Gasteiger partial charge in [-0.3, -0.25) is 0 Å². The summed E-state index contributed by atoms with van der Waals surface area (Å²) in [4.78, 5) is 15.1. The van der Waals surface area contributed by atoms with Crippen molar-refractivity contribution in [1.82, 2.24) is 0 Å². The van der Waals surface area contributed by atoms with Crippen LogP contribution in [0.1, 0.15) is 13.8 Å². The number of benzene rings is 1. The predicted molar refractivity (Wildman–Crippen MR) is 77.5 cm³/mol. The van der Waals surface area contributed by atoms with Crippen molar-refractivity contribution in [3.8, 4) is 0 Å². The van der Waals surface area contributed by atoms with Gasteiger partial charge in [-0.15, -0.1) is 0 Å². The molecular weight excluding hydrogens is 269 g/mol. The Balaban J connectivity index is 2.89. The van der Waals surface area contributed by atoms with Crippen LogP contribution in [0.15, 0.2) is 47.6 Å². The molecule has 0 heterocycles. The average Bonchev–Trinajstić information content (AvgIpc) is 2.37. The second-order valence-corrected chi connectivity index (χ2v) is 6.52. The van der Waals surface area contributed by atoms with Gasteiger partial charge < -0.3 is 14.3 Å². The minimum Gasteiger partial charge on any atom is -0.419 e. The number of nitrogens with zero attached hydrogens (tertiary/aromatic N) is 1. The Morgan fingerprint density at radius 2 is 2.11 bits per heavy atom. The van der Waals surface area contributed by atoms with Gasteiger partial charge in [0.05, 0.1) is 0 Å². The Labute approximate surface area is 112 Å². The maximum atomic E-state index is 10.2. The molecule has 1 aromatic carbocycles. The van der Waals surface area contributed by atoms with E-state index in [0.717, 1.165) is 0 Å². The summed E-state index contributed by atoms with van der Waals surface area (Å²) >= 11 is 5.12. The Kier molecular flexibility index (Phi) is 6.05. The third-order valence-electron chi connectivity index (χ3n) is 1.89. The molecule has 0 saturated heterocycles. The molecule has 0 aromatic heterocycles. The summed E-state index contributed by atoms with van der Waals surface area (Å²) in [5.41, 5.74) is 0. The van der Waals surface area contributed by atoms with Gasteiger partial charge in [0.2, 0.25) is 0 Å². The molecule has 1 rings (SSSR count). The SMILES string of the molecule is C/C=C/C(=NOCC)OP(O)(=S)c1ccccc1. The van der Waals surface area contributed by atoms with Gasteiger partial charge in [0.1, 0.15) is 6.61 Å². The van der Waals surface area contributed by atoms with Gasteiger partial charge in [0, 0.05) is 5.30 Å². The molecule has 98 valence electrons. The minimum atomic E-state index is -3.10. The van der Waals surface area contributed by atoms with E-state index >= 15 is 0 Å². The Morgan fingerprint density at radius 1 is 1.44 bits per heavy atom. The highest BCUT2D eigenvalue weighted by Crippen LogP contribution is 2.41. The standard InChI is InChI=1S/C12H16NO3PS/c1-3-8-12(13-15-4-2)16-17(14,18)11-9-6-5-7-10-11/h3,5-10H,4H2,1-2H3,(H,14,18)/b8-3+,13-12?. The summed E-state index contributed by atoms with van der Waals surface area (Å²) in [6.45, 7) is 0.943. The lowest BCUT2D eigenvalue weighted by molar-refractivity contribution is 0.153. The highest BCUT2D eigenvalue weighted by molar-refractivity contribution is 8.13. The van der Waals surface area contributed by atoms with Gasteiger partial charge in [-0.2, -0.15) is 0 Å². The van der Waals surface area contributed by atoms with E-state index in [-0.39, 0.29) is 5.90 Å². The number of oxime groups is 1. The molecule has 1 N–H and O–H groups in total. The summed E-state index contributed by atoms with van der Waals surface area (Å²) in [5, 5.41) is 4.33. The molecule has 18 heavy (non-hydrogen) atoms. The Morgan fingerprint density at radius 3 is 2.67 bits per heavy atom. The van der Waals surface area contributed by atoms with Crippen molar-refractivity contribution in [3.05, 3.63) is 42.5 Å². The minimum absolute atomic E-state index is 0.175. The lowest BCUT2D eigenvalue weighted by Crippen LogP contribution is -2.10. The number of hydrogen-bond donors (Lipinski definition) is 1. The molecule has 0 fully saturated rings. The number of hydrogen-bond acceptors (Lipinski definition) is 4. The summed E-state index contributed by atoms with van der Waals surface area (Å²) in [6.07, 6.45) is 3.33. The van der Waals surface area contributed by atoms with Crippen molar-refractivity contribution in [2.75, 3.05) is 6.61 Å². The van der Waals surface area contributed by atoms with Crippen molar-refractivity contribution in [1.29, 1.82) is 0 Å². The molecule has 1 unspecified atom stereocenters. The normalized spacial score (nSPS) is 15.4. The van der Waals surface area contributed by atoms with Crippen molar-refractivity contribution >= 4 is 29.5 Å². The monoisotopic (exact) mass is 285 g/mol. The lowest BCUT2D eigenvalue weighted by atomic mass is 10.4. The summed E-state index contributed by atoms with van der Waals surface area (Å²) < 4.78 is 5.39. The molecule has 6 heteroatoms. The molecule has 0 aliphatic rings. The van der Waals surface area contributed by atoms with E-state index in [1.807, 2.05) is 19.9 Å². The zero-order chi connectivity index (χ0) is 13.4. The predicted octanol–water partition coefficient (Wildman–Crippen LogP) is 2.56. The summed E-state index contributed by atoms with van der Waals surface area (Å²) in [5.74, 6) is 0.175. The van der Waals surface area contributed by atoms with Gasteiger partial charge in [-0.05, 0) is 49.0 Å². The zero-order valence-electron chi connectivity index (χ0n) is 10.3. The molecule has 0 radical (unpaired) electrons. The zero-order valence-corrected chi connectivity index (χ0v) is 12.0. The second kappa shape index (κ2) is 7.31. The van der Waals surface area contributed by atoms with Gasteiger partial charge in [0.15, 0.2) is 0 Å². The topological polar surface area (TPSA) is 51.0 Å². The third kappa shape index (κ3) is 4.61. The number of allylic oxidation sites excluding steroid dienone is 1. The van der Waals surface area contributed by atoms with E-state index < -0.39 is 6.49 Å². The summed E-state index contributed by atoms with van der Waals surface area (Å²) in [6, 6.07) is 8.90. The highest BCUT2D eigenvalue weighted by atomic mass is 32.5. The smallest absolute Gasteiger partial charge is 0.268 e. The number of rotatable bonds is 5. The van der Waals surface area contributed by atoms with Crippen LogP contribution >= 0.6 is 6.49 Å². The first kappa shape index (κ1) is 14.9. The maximum Gasteiger partial charge on any atom is 0.268 e. The van der Waals surface area contributed by atoms with Crippen LogP contribution in [-0.2, 0) is 21.2 Å². The van der Waals surface area contributed by atoms with E-state index in [9.17, 15) is 4.89 Å². The van der Waals surface area contributed by atoms with E-state index in [4.69, 9.17) is 21.2 Å². The van der Waals surface area contributed by atoms with E-state index in [2.05, 4.69) is 5.16 Å². The van der Waals surface area contributed by atoms with Gasteiger partial charge >= 0.3 is 0 Å². The molecule has 0 aliphatic heterocycles. The molecule has 1 aromatic rings. The molecule has 0 spiro atoms. The highest BCUT2D eigenvalue weighted by Gasteiger charge is 2.19. The maximum absolute atomic E-state index is 10.2. The molecule has 4 nitrogen and oxygen atoms in total.